The van der Waals surface area contributed by atoms with Crippen LogP contribution in [0.5, 0.6) is 11.5 Å². The van der Waals surface area contributed by atoms with Crippen molar-refractivity contribution in [3.05, 3.63) is 82.8 Å². The lowest BCUT2D eigenvalue weighted by Crippen LogP contribution is -2.25. The number of para-hydroxylation sites is 2. The molecule has 0 spiro atoms. The van der Waals surface area contributed by atoms with Crippen molar-refractivity contribution in [1.82, 2.24) is 9.13 Å². The Morgan fingerprint density at radius 2 is 1.36 bits per heavy atom. The van der Waals surface area contributed by atoms with E-state index in [0.717, 1.165) is 11.0 Å². The molecule has 0 radical (unpaired) electrons. The standard InChI is InChI=1S/C27H28N4O5/c1-4-30-21-12-8-9-13-22(21)31(27(30)34)15-14-25(32)28-19-16-24(36-3)20(17-23(19)35-2)29-26(33)18-10-6-5-7-11-18/h5-13,16-17H,4,14-15H2,1-3H3,(H,28,32)(H,29,33). The first-order chi connectivity index (χ1) is 17.5. The summed E-state index contributed by atoms with van der Waals surface area (Å²) in [5.41, 5.74) is 2.76. The maximum atomic E-state index is 12.8. The van der Waals surface area contributed by atoms with Crippen LogP contribution in [0, 0.1) is 0 Å². The van der Waals surface area contributed by atoms with Gasteiger partial charge in [-0.15, -0.1) is 0 Å². The molecule has 0 atom stereocenters. The zero-order valence-electron chi connectivity index (χ0n) is 20.4. The van der Waals surface area contributed by atoms with E-state index in [0.29, 0.717) is 35.0 Å². The van der Waals surface area contributed by atoms with Crippen LogP contribution in [0.4, 0.5) is 11.4 Å². The monoisotopic (exact) mass is 488 g/mol. The molecule has 0 saturated heterocycles. The lowest BCUT2D eigenvalue weighted by Gasteiger charge is -2.16. The summed E-state index contributed by atoms with van der Waals surface area (Å²) in [5.74, 6) is 0.117. The highest BCUT2D eigenvalue weighted by molar-refractivity contribution is 6.05. The van der Waals surface area contributed by atoms with E-state index in [1.807, 2.05) is 37.3 Å². The quantitative estimate of drug-likeness (QED) is 0.369. The van der Waals surface area contributed by atoms with Crippen LogP contribution in [0.1, 0.15) is 23.7 Å². The summed E-state index contributed by atoms with van der Waals surface area (Å²) in [4.78, 5) is 38.3. The Kier molecular flexibility index (Phi) is 7.39. The first kappa shape index (κ1) is 24.6. The molecule has 1 heterocycles. The van der Waals surface area contributed by atoms with Gasteiger partial charge in [0.15, 0.2) is 0 Å². The molecule has 0 aliphatic heterocycles. The molecule has 0 bridgehead atoms. The first-order valence-corrected chi connectivity index (χ1v) is 11.6. The molecule has 36 heavy (non-hydrogen) atoms. The second kappa shape index (κ2) is 10.8. The van der Waals surface area contributed by atoms with Crippen LogP contribution in [0.15, 0.2) is 71.5 Å². The van der Waals surface area contributed by atoms with Crippen LogP contribution in [0.2, 0.25) is 0 Å². The van der Waals surface area contributed by atoms with E-state index in [4.69, 9.17) is 9.47 Å². The highest BCUT2D eigenvalue weighted by atomic mass is 16.5. The molecular weight excluding hydrogens is 460 g/mol. The molecule has 2 N–H and O–H groups in total. The molecular formula is C27H28N4O5. The number of rotatable bonds is 9. The summed E-state index contributed by atoms with van der Waals surface area (Å²) in [5, 5.41) is 5.64. The maximum absolute atomic E-state index is 12.8. The minimum Gasteiger partial charge on any atom is -0.494 e. The van der Waals surface area contributed by atoms with E-state index in [-0.39, 0.29) is 30.5 Å². The molecule has 0 aliphatic rings. The van der Waals surface area contributed by atoms with Crippen molar-refractivity contribution in [3.8, 4) is 11.5 Å². The number of carbonyl (C=O) groups is 2. The van der Waals surface area contributed by atoms with Gasteiger partial charge in [0.2, 0.25) is 5.91 Å². The predicted molar refractivity (Wildman–Crippen MR) is 139 cm³/mol. The van der Waals surface area contributed by atoms with Crippen molar-refractivity contribution >= 4 is 34.2 Å². The molecule has 9 nitrogen and oxygen atoms in total. The minimum absolute atomic E-state index is 0.0790. The highest BCUT2D eigenvalue weighted by Crippen LogP contribution is 2.36. The molecule has 4 rings (SSSR count). The third-order valence-electron chi connectivity index (χ3n) is 5.88. The van der Waals surface area contributed by atoms with Crippen LogP contribution >= 0.6 is 0 Å². The molecule has 9 heteroatoms. The van der Waals surface area contributed by atoms with Crippen molar-refractivity contribution < 1.29 is 19.1 Å². The summed E-state index contributed by atoms with van der Waals surface area (Å²) in [6.07, 6.45) is 0.0790. The van der Waals surface area contributed by atoms with Crippen molar-refractivity contribution in [2.75, 3.05) is 24.9 Å². The second-order valence-electron chi connectivity index (χ2n) is 8.04. The van der Waals surface area contributed by atoms with Gasteiger partial charge in [0, 0.05) is 37.2 Å². The van der Waals surface area contributed by atoms with Gasteiger partial charge >= 0.3 is 5.69 Å². The number of ether oxygens (including phenoxy) is 2. The highest BCUT2D eigenvalue weighted by Gasteiger charge is 2.17. The summed E-state index contributed by atoms with van der Waals surface area (Å²) in [6.45, 7) is 2.68. The van der Waals surface area contributed by atoms with Gasteiger partial charge in [0.1, 0.15) is 11.5 Å². The van der Waals surface area contributed by atoms with E-state index >= 15 is 0 Å². The van der Waals surface area contributed by atoms with Gasteiger partial charge in [-0.2, -0.15) is 0 Å². The number of anilines is 2. The van der Waals surface area contributed by atoms with Gasteiger partial charge in [0.25, 0.3) is 5.91 Å². The normalized spacial score (nSPS) is 10.8. The number of hydrogen-bond acceptors (Lipinski definition) is 5. The number of imidazole rings is 1. The zero-order valence-corrected chi connectivity index (χ0v) is 20.4. The first-order valence-electron chi connectivity index (χ1n) is 11.6. The summed E-state index contributed by atoms with van der Waals surface area (Å²) >= 11 is 0. The fourth-order valence-corrected chi connectivity index (χ4v) is 4.10. The molecule has 4 aromatic rings. The average molecular weight is 489 g/mol. The molecule has 186 valence electrons. The van der Waals surface area contributed by atoms with Crippen LogP contribution in [-0.4, -0.2) is 35.2 Å². The van der Waals surface area contributed by atoms with Crippen molar-refractivity contribution in [2.45, 2.75) is 26.4 Å². The number of methoxy groups -OCH3 is 2. The number of fused-ring (bicyclic) bond motifs is 1. The van der Waals surface area contributed by atoms with E-state index < -0.39 is 0 Å². The summed E-state index contributed by atoms with van der Waals surface area (Å²) < 4.78 is 14.2. The average Bonchev–Trinajstić information content (AvgIpc) is 3.18. The molecule has 3 aromatic carbocycles. The van der Waals surface area contributed by atoms with Gasteiger partial charge in [0.05, 0.1) is 36.6 Å². The third-order valence-corrected chi connectivity index (χ3v) is 5.88. The fourth-order valence-electron chi connectivity index (χ4n) is 4.10. The molecule has 2 amide bonds. The topological polar surface area (TPSA) is 104 Å². The molecule has 1 aromatic heterocycles. The van der Waals surface area contributed by atoms with E-state index in [9.17, 15) is 14.4 Å². The van der Waals surface area contributed by atoms with Gasteiger partial charge in [-0.3, -0.25) is 18.7 Å². The number of carbonyl (C=O) groups excluding carboxylic acids is 2. The number of aryl methyl sites for hydroxylation is 2. The van der Waals surface area contributed by atoms with E-state index in [1.54, 1.807) is 45.5 Å². The van der Waals surface area contributed by atoms with Crippen LogP contribution in [0.3, 0.4) is 0 Å². The van der Waals surface area contributed by atoms with Crippen LogP contribution in [0.25, 0.3) is 11.0 Å². The lowest BCUT2D eigenvalue weighted by atomic mass is 10.2. The Morgan fingerprint density at radius 3 is 1.94 bits per heavy atom. The summed E-state index contributed by atoms with van der Waals surface area (Å²) in [7, 11) is 2.95. The van der Waals surface area contributed by atoms with Gasteiger partial charge in [-0.1, -0.05) is 30.3 Å². The summed E-state index contributed by atoms with van der Waals surface area (Å²) in [6, 6.07) is 19.5. The number of nitrogens with one attached hydrogen (secondary N) is 2. The number of amides is 2. The predicted octanol–water partition coefficient (Wildman–Crippen LogP) is 4.12. The van der Waals surface area contributed by atoms with Crippen molar-refractivity contribution in [1.29, 1.82) is 0 Å². The number of nitrogens with zero attached hydrogens (tertiary/aromatic N) is 2. The van der Waals surface area contributed by atoms with Crippen LogP contribution < -0.4 is 25.8 Å². The second-order valence-corrected chi connectivity index (χ2v) is 8.04. The van der Waals surface area contributed by atoms with Gasteiger partial charge < -0.3 is 20.1 Å². The fraction of sp³-hybridized carbons (Fsp3) is 0.222. The zero-order chi connectivity index (χ0) is 25.7. The molecule has 0 aliphatic carbocycles. The Balaban J connectivity index is 1.51. The number of aromatic nitrogens is 2. The Hall–Kier alpha value is -4.53. The Bertz CT molecular complexity index is 1460. The smallest absolute Gasteiger partial charge is 0.329 e. The maximum Gasteiger partial charge on any atom is 0.329 e. The van der Waals surface area contributed by atoms with E-state index in [2.05, 4.69) is 10.6 Å². The minimum atomic E-state index is -0.301. The number of hydrogen-bond donors (Lipinski definition) is 2. The SMILES string of the molecule is CCn1c(=O)n(CCC(=O)Nc2cc(OC)c(NC(=O)c3ccccc3)cc2OC)c2ccccc21. The number of benzene rings is 3. The van der Waals surface area contributed by atoms with Crippen molar-refractivity contribution in [2.24, 2.45) is 0 Å². The van der Waals surface area contributed by atoms with Crippen LogP contribution in [-0.2, 0) is 17.9 Å². The molecule has 0 unspecified atom stereocenters. The van der Waals surface area contributed by atoms with E-state index in [1.165, 1.54) is 14.2 Å². The Labute approximate surface area is 208 Å². The largest absolute Gasteiger partial charge is 0.494 e. The molecule has 0 saturated carbocycles. The van der Waals surface area contributed by atoms with Gasteiger partial charge in [-0.05, 0) is 31.2 Å². The lowest BCUT2D eigenvalue weighted by molar-refractivity contribution is -0.116. The van der Waals surface area contributed by atoms with Crippen molar-refractivity contribution in [3.63, 3.8) is 0 Å². The molecule has 0 fully saturated rings. The Morgan fingerprint density at radius 1 is 0.806 bits per heavy atom. The third kappa shape index (κ3) is 4.95. The van der Waals surface area contributed by atoms with Gasteiger partial charge in [-0.25, -0.2) is 4.79 Å².